The third-order valence-corrected chi connectivity index (χ3v) is 3.41. The Labute approximate surface area is 143 Å². The largest absolute Gasteiger partial charge is 0.497 e. The Morgan fingerprint density at radius 1 is 1.17 bits per heavy atom. The molecule has 2 rings (SSSR count). The van der Waals surface area contributed by atoms with Crippen LogP contribution in [0.25, 0.3) is 0 Å². The lowest BCUT2D eigenvalue weighted by Gasteiger charge is -2.20. The molecule has 0 fully saturated rings. The molecule has 0 heterocycles. The Balaban J connectivity index is 0.00000264. The van der Waals surface area contributed by atoms with Crippen LogP contribution in [0.5, 0.6) is 11.5 Å². The van der Waals surface area contributed by atoms with Crippen molar-refractivity contribution in [1.29, 1.82) is 5.26 Å². The van der Waals surface area contributed by atoms with Crippen molar-refractivity contribution in [3.63, 3.8) is 0 Å². The van der Waals surface area contributed by atoms with Crippen molar-refractivity contribution >= 4 is 12.4 Å². The molecule has 2 aromatic rings. The summed E-state index contributed by atoms with van der Waals surface area (Å²) in [6.07, 6.45) is 0.690. The minimum atomic E-state index is -0.118. The third kappa shape index (κ3) is 5.17. The number of nitriles is 1. The van der Waals surface area contributed by atoms with Crippen molar-refractivity contribution in [3.8, 4) is 17.6 Å². The van der Waals surface area contributed by atoms with Gasteiger partial charge in [0.25, 0.3) is 0 Å². The summed E-state index contributed by atoms with van der Waals surface area (Å²) in [5, 5.41) is 12.4. The van der Waals surface area contributed by atoms with Crippen LogP contribution in [-0.4, -0.2) is 20.7 Å². The highest BCUT2D eigenvalue weighted by Gasteiger charge is 2.15. The zero-order valence-electron chi connectivity index (χ0n) is 13.3. The molecule has 1 N–H and O–H groups in total. The summed E-state index contributed by atoms with van der Waals surface area (Å²) in [6.45, 7) is 0.825. The lowest BCUT2D eigenvalue weighted by atomic mass is 10.1. The highest BCUT2D eigenvalue weighted by atomic mass is 35.5. The van der Waals surface area contributed by atoms with E-state index in [1.54, 1.807) is 25.3 Å². The number of hydrogen-bond donors (Lipinski definition) is 1. The second kappa shape index (κ2) is 9.73. The van der Waals surface area contributed by atoms with Crippen molar-refractivity contribution in [2.24, 2.45) is 0 Å². The molecule has 0 spiro atoms. The molecule has 0 aliphatic rings. The highest BCUT2D eigenvalue weighted by molar-refractivity contribution is 5.85. The molecule has 0 saturated heterocycles. The normalized spacial score (nSPS) is 11.0. The van der Waals surface area contributed by atoms with Gasteiger partial charge in [0.15, 0.2) is 0 Å². The molecule has 0 aliphatic heterocycles. The summed E-state index contributed by atoms with van der Waals surface area (Å²) in [4.78, 5) is 0. The summed E-state index contributed by atoms with van der Waals surface area (Å²) in [5.41, 5.74) is 1.59. The average molecular weight is 333 g/mol. The molecule has 0 aliphatic carbocycles. The highest BCUT2D eigenvalue weighted by Crippen LogP contribution is 2.30. The molecule has 5 heteroatoms. The van der Waals surface area contributed by atoms with Crippen LogP contribution in [0.3, 0.4) is 0 Å². The molecule has 122 valence electrons. The molecule has 0 aromatic heterocycles. The Kier molecular flexibility index (Phi) is 7.96. The number of rotatable bonds is 7. The predicted molar refractivity (Wildman–Crippen MR) is 93.3 cm³/mol. The number of benzene rings is 2. The van der Waals surface area contributed by atoms with Crippen molar-refractivity contribution in [2.75, 3.05) is 20.7 Å². The van der Waals surface area contributed by atoms with Gasteiger partial charge < -0.3 is 14.8 Å². The number of halogens is 1. The van der Waals surface area contributed by atoms with E-state index in [2.05, 4.69) is 11.4 Å². The molecule has 4 nitrogen and oxygen atoms in total. The molecule has 0 amide bonds. The van der Waals surface area contributed by atoms with Gasteiger partial charge in [0.1, 0.15) is 23.7 Å². The first-order chi connectivity index (χ1) is 10.8. The smallest absolute Gasteiger partial charge is 0.141 e. The van der Waals surface area contributed by atoms with Crippen LogP contribution in [0.2, 0.25) is 0 Å². The Bertz CT molecular complexity index is 641. The van der Waals surface area contributed by atoms with Crippen molar-refractivity contribution in [1.82, 2.24) is 5.32 Å². The lowest BCUT2D eigenvalue weighted by molar-refractivity contribution is 0.193. The van der Waals surface area contributed by atoms with Gasteiger partial charge in [0.05, 0.1) is 12.7 Å². The SMILES string of the molecule is CNCC[C@@H](Oc1cc(OC)ccc1C#N)c1ccccc1.Cl. The van der Waals surface area contributed by atoms with Gasteiger partial charge in [-0.25, -0.2) is 0 Å². The van der Waals surface area contributed by atoms with Crippen LogP contribution in [0.4, 0.5) is 0 Å². The zero-order valence-corrected chi connectivity index (χ0v) is 14.1. The van der Waals surface area contributed by atoms with Gasteiger partial charge in [-0.1, -0.05) is 30.3 Å². The standard InChI is InChI=1S/C18H20N2O2.ClH/c1-20-11-10-17(14-6-4-3-5-7-14)22-18-12-16(21-2)9-8-15(18)13-19;/h3-9,12,17,20H,10-11H2,1-2H3;1H/t17-;/m1./s1. The zero-order chi connectivity index (χ0) is 15.8. The molecule has 2 aromatic carbocycles. The first-order valence-electron chi connectivity index (χ1n) is 7.22. The van der Waals surface area contributed by atoms with E-state index in [0.717, 1.165) is 18.5 Å². The number of nitrogens with zero attached hydrogens (tertiary/aromatic N) is 1. The van der Waals surface area contributed by atoms with E-state index in [1.807, 2.05) is 37.4 Å². The predicted octanol–water partition coefficient (Wildman–Crippen LogP) is 3.72. The van der Waals surface area contributed by atoms with Crippen molar-refractivity contribution in [2.45, 2.75) is 12.5 Å². The number of nitrogens with one attached hydrogen (secondary N) is 1. The number of hydrogen-bond acceptors (Lipinski definition) is 4. The third-order valence-electron chi connectivity index (χ3n) is 3.41. The van der Waals surface area contributed by atoms with E-state index in [1.165, 1.54) is 0 Å². The average Bonchev–Trinajstić information content (AvgIpc) is 2.59. The summed E-state index contributed by atoms with van der Waals surface area (Å²) in [6, 6.07) is 17.4. The van der Waals surface area contributed by atoms with Crippen LogP contribution in [0.1, 0.15) is 23.7 Å². The lowest BCUT2D eigenvalue weighted by Crippen LogP contribution is -2.16. The van der Waals surface area contributed by atoms with Crippen LogP contribution in [-0.2, 0) is 0 Å². The first kappa shape index (κ1) is 18.8. The maximum Gasteiger partial charge on any atom is 0.141 e. The monoisotopic (exact) mass is 332 g/mol. The topological polar surface area (TPSA) is 54.3 Å². The van der Waals surface area contributed by atoms with Gasteiger partial charge in [0.2, 0.25) is 0 Å². The summed E-state index contributed by atoms with van der Waals surface area (Å²) in [7, 11) is 3.51. The minimum absolute atomic E-state index is 0. The number of methoxy groups -OCH3 is 1. The first-order valence-corrected chi connectivity index (χ1v) is 7.22. The van der Waals surface area contributed by atoms with Crippen molar-refractivity contribution in [3.05, 3.63) is 59.7 Å². The van der Waals surface area contributed by atoms with Crippen LogP contribution >= 0.6 is 12.4 Å². The van der Waals surface area contributed by atoms with E-state index < -0.39 is 0 Å². The fourth-order valence-corrected chi connectivity index (χ4v) is 2.21. The van der Waals surface area contributed by atoms with Gasteiger partial charge >= 0.3 is 0 Å². The van der Waals surface area contributed by atoms with E-state index >= 15 is 0 Å². The van der Waals surface area contributed by atoms with Gasteiger partial charge in [-0.3, -0.25) is 0 Å². The molecule has 0 saturated carbocycles. The fourth-order valence-electron chi connectivity index (χ4n) is 2.21. The fraction of sp³-hybridized carbons (Fsp3) is 0.278. The maximum atomic E-state index is 9.26. The van der Waals surface area contributed by atoms with Gasteiger partial charge in [-0.2, -0.15) is 5.26 Å². The molecular weight excluding hydrogens is 312 g/mol. The summed E-state index contributed by atoms with van der Waals surface area (Å²) >= 11 is 0. The van der Waals surface area contributed by atoms with E-state index in [9.17, 15) is 5.26 Å². The van der Waals surface area contributed by atoms with Crippen LogP contribution in [0, 0.1) is 11.3 Å². The van der Waals surface area contributed by atoms with Gasteiger partial charge in [-0.15, -0.1) is 12.4 Å². The molecular formula is C18H21ClN2O2. The van der Waals surface area contributed by atoms with Crippen molar-refractivity contribution < 1.29 is 9.47 Å². The Morgan fingerprint density at radius 2 is 1.91 bits per heavy atom. The maximum absolute atomic E-state index is 9.26. The van der Waals surface area contributed by atoms with Crippen LogP contribution < -0.4 is 14.8 Å². The van der Waals surface area contributed by atoms with Gasteiger partial charge in [0, 0.05) is 12.5 Å². The molecule has 23 heavy (non-hydrogen) atoms. The quantitative estimate of drug-likeness (QED) is 0.839. The van der Waals surface area contributed by atoms with E-state index in [0.29, 0.717) is 17.1 Å². The Morgan fingerprint density at radius 3 is 2.52 bits per heavy atom. The molecule has 1 atom stereocenters. The van der Waals surface area contributed by atoms with Crippen LogP contribution in [0.15, 0.2) is 48.5 Å². The summed E-state index contributed by atoms with van der Waals surface area (Å²) in [5.74, 6) is 1.22. The Hall–Kier alpha value is -2.22. The summed E-state index contributed by atoms with van der Waals surface area (Å²) < 4.78 is 11.3. The minimum Gasteiger partial charge on any atom is -0.497 e. The molecule has 0 unspecified atom stereocenters. The molecule has 0 bridgehead atoms. The van der Waals surface area contributed by atoms with Gasteiger partial charge in [-0.05, 0) is 31.3 Å². The number of ether oxygens (including phenoxy) is 2. The second-order valence-corrected chi connectivity index (χ2v) is 4.88. The van der Waals surface area contributed by atoms with E-state index in [4.69, 9.17) is 9.47 Å². The van der Waals surface area contributed by atoms with E-state index in [-0.39, 0.29) is 18.5 Å². The second-order valence-electron chi connectivity index (χ2n) is 4.88. The molecule has 0 radical (unpaired) electrons.